The number of hydrogen-bond donors (Lipinski definition) is 2. The molecule has 2 N–H and O–H groups in total. The monoisotopic (exact) mass is 548 g/mol. The van der Waals surface area contributed by atoms with E-state index in [4.69, 9.17) is 20.9 Å². The zero-order valence-electron chi connectivity index (χ0n) is 17.3. The van der Waals surface area contributed by atoms with E-state index in [1.807, 2.05) is 32.9 Å². The Morgan fingerprint density at radius 1 is 1.40 bits per heavy atom. The molecule has 1 aromatic heterocycles. The van der Waals surface area contributed by atoms with Gasteiger partial charge in [-0.05, 0) is 32.9 Å². The van der Waals surface area contributed by atoms with E-state index in [1.54, 1.807) is 24.1 Å². The van der Waals surface area contributed by atoms with Crippen molar-refractivity contribution in [3.8, 4) is 11.4 Å². The number of benzene rings is 1. The van der Waals surface area contributed by atoms with Gasteiger partial charge < -0.3 is 24.8 Å². The molecule has 0 atom stereocenters. The van der Waals surface area contributed by atoms with Gasteiger partial charge in [-0.15, -0.1) is 24.0 Å². The van der Waals surface area contributed by atoms with Crippen LogP contribution in [0.4, 0.5) is 4.79 Å². The van der Waals surface area contributed by atoms with Crippen molar-refractivity contribution in [3.05, 3.63) is 35.2 Å². The molecule has 9 nitrogen and oxygen atoms in total. The molecule has 0 bridgehead atoms. The van der Waals surface area contributed by atoms with Crippen LogP contribution >= 0.6 is 35.6 Å². The van der Waals surface area contributed by atoms with Crippen LogP contribution in [0.3, 0.4) is 0 Å². The first kappa shape index (κ1) is 24.2. The molecule has 1 saturated heterocycles. The number of amides is 1. The SMILES string of the molecule is CN=C(NCc1nc(-c2cccc(Cl)c2)no1)NC1CN(C(=O)OC(C)(C)C)C1.I. The van der Waals surface area contributed by atoms with Gasteiger partial charge in [-0.1, -0.05) is 28.9 Å². The number of nitrogens with one attached hydrogen (secondary N) is 2. The van der Waals surface area contributed by atoms with E-state index in [2.05, 4.69) is 25.8 Å². The third-order valence-corrected chi connectivity index (χ3v) is 4.29. The number of rotatable bonds is 4. The summed E-state index contributed by atoms with van der Waals surface area (Å²) in [4.78, 5) is 22.2. The predicted molar refractivity (Wildman–Crippen MR) is 125 cm³/mol. The molecule has 3 rings (SSSR count). The number of carbonyl (C=O) groups is 1. The van der Waals surface area contributed by atoms with Crippen LogP contribution in [0.25, 0.3) is 11.4 Å². The first-order valence-electron chi connectivity index (χ1n) is 9.27. The van der Waals surface area contributed by atoms with Crippen molar-refractivity contribution in [2.45, 2.75) is 39.0 Å². The van der Waals surface area contributed by atoms with Crippen LogP contribution in [0, 0.1) is 0 Å². The van der Waals surface area contributed by atoms with Crippen LogP contribution in [0.2, 0.25) is 5.02 Å². The van der Waals surface area contributed by atoms with Crippen molar-refractivity contribution in [3.63, 3.8) is 0 Å². The fourth-order valence-corrected chi connectivity index (χ4v) is 2.85. The molecule has 0 aliphatic carbocycles. The molecular formula is C19H26ClIN6O3. The number of nitrogens with zero attached hydrogens (tertiary/aromatic N) is 4. The van der Waals surface area contributed by atoms with Crippen LogP contribution in [0.5, 0.6) is 0 Å². The molecule has 0 radical (unpaired) electrons. The van der Waals surface area contributed by atoms with Crippen molar-refractivity contribution in [2.75, 3.05) is 20.1 Å². The Kier molecular flexibility index (Phi) is 8.30. The predicted octanol–water partition coefficient (Wildman–Crippen LogP) is 3.29. The Hall–Kier alpha value is -2.08. The van der Waals surface area contributed by atoms with Crippen LogP contribution in [0.1, 0.15) is 26.7 Å². The zero-order valence-corrected chi connectivity index (χ0v) is 20.4. The molecule has 2 aromatic rings. The molecule has 1 aliphatic heterocycles. The molecule has 2 heterocycles. The Balaban J connectivity index is 0.00000320. The first-order chi connectivity index (χ1) is 13.7. The summed E-state index contributed by atoms with van der Waals surface area (Å²) in [5, 5.41) is 11.0. The Labute approximate surface area is 197 Å². The summed E-state index contributed by atoms with van der Waals surface area (Å²) in [6.45, 7) is 6.96. The lowest BCUT2D eigenvalue weighted by Gasteiger charge is -2.40. The quantitative estimate of drug-likeness (QED) is 0.343. The third-order valence-electron chi connectivity index (χ3n) is 4.06. The molecular weight excluding hydrogens is 523 g/mol. The second-order valence-electron chi connectivity index (χ2n) is 7.67. The maximum atomic E-state index is 12.0. The molecule has 0 saturated carbocycles. The molecule has 11 heteroatoms. The van der Waals surface area contributed by atoms with Gasteiger partial charge in [0.25, 0.3) is 0 Å². The van der Waals surface area contributed by atoms with E-state index >= 15 is 0 Å². The minimum Gasteiger partial charge on any atom is -0.444 e. The smallest absolute Gasteiger partial charge is 0.410 e. The van der Waals surface area contributed by atoms with E-state index in [9.17, 15) is 4.79 Å². The van der Waals surface area contributed by atoms with Gasteiger partial charge in [-0.25, -0.2) is 4.79 Å². The maximum Gasteiger partial charge on any atom is 0.410 e. The maximum absolute atomic E-state index is 12.0. The molecule has 164 valence electrons. The summed E-state index contributed by atoms with van der Waals surface area (Å²) in [6.07, 6.45) is -0.307. The van der Waals surface area contributed by atoms with Crippen molar-refractivity contribution in [1.29, 1.82) is 0 Å². The lowest BCUT2D eigenvalue weighted by Crippen LogP contribution is -2.63. The average Bonchev–Trinajstić information content (AvgIpc) is 3.07. The fraction of sp³-hybridized carbons (Fsp3) is 0.474. The fourth-order valence-electron chi connectivity index (χ4n) is 2.66. The molecule has 1 aromatic carbocycles. The van der Waals surface area contributed by atoms with Gasteiger partial charge in [0.1, 0.15) is 5.60 Å². The average molecular weight is 549 g/mol. The second-order valence-corrected chi connectivity index (χ2v) is 8.11. The summed E-state index contributed by atoms with van der Waals surface area (Å²) >= 11 is 6.00. The minimum atomic E-state index is -0.499. The number of likely N-dealkylation sites (tertiary alicyclic amines) is 1. The van der Waals surface area contributed by atoms with Gasteiger partial charge in [-0.2, -0.15) is 4.98 Å². The summed E-state index contributed by atoms with van der Waals surface area (Å²) in [7, 11) is 1.67. The molecule has 1 amide bonds. The van der Waals surface area contributed by atoms with Gasteiger partial charge in [0, 0.05) is 30.7 Å². The van der Waals surface area contributed by atoms with Crippen LogP contribution in [0.15, 0.2) is 33.8 Å². The number of aromatic nitrogens is 2. The van der Waals surface area contributed by atoms with Crippen LogP contribution < -0.4 is 10.6 Å². The lowest BCUT2D eigenvalue weighted by molar-refractivity contribution is 0.00701. The molecule has 0 unspecified atom stereocenters. The highest BCUT2D eigenvalue weighted by atomic mass is 127. The lowest BCUT2D eigenvalue weighted by atomic mass is 10.1. The molecule has 1 aliphatic rings. The highest BCUT2D eigenvalue weighted by molar-refractivity contribution is 14.0. The van der Waals surface area contributed by atoms with Gasteiger partial charge in [-0.3, -0.25) is 4.99 Å². The number of hydrogen-bond acceptors (Lipinski definition) is 6. The Morgan fingerprint density at radius 3 is 2.77 bits per heavy atom. The van der Waals surface area contributed by atoms with Crippen molar-refractivity contribution >= 4 is 47.6 Å². The standard InChI is InChI=1S/C19H25ClN6O3.HI/c1-19(2,3)28-18(27)26-10-14(11-26)23-17(21-4)22-9-15-24-16(25-29-15)12-6-5-7-13(20)8-12;/h5-8,14H,9-11H2,1-4H3,(H2,21,22,23);1H. The minimum absolute atomic E-state index is 0. The first-order valence-corrected chi connectivity index (χ1v) is 9.65. The summed E-state index contributed by atoms with van der Waals surface area (Å²) in [5.74, 6) is 1.48. The topological polar surface area (TPSA) is 105 Å². The van der Waals surface area contributed by atoms with E-state index < -0.39 is 5.60 Å². The van der Waals surface area contributed by atoms with E-state index in [0.717, 1.165) is 5.56 Å². The number of aliphatic imine (C=N–C) groups is 1. The Bertz CT molecular complexity index is 892. The zero-order chi connectivity index (χ0) is 21.0. The van der Waals surface area contributed by atoms with Crippen LogP contribution in [-0.4, -0.2) is 58.9 Å². The molecule has 0 spiro atoms. The highest BCUT2D eigenvalue weighted by Gasteiger charge is 2.34. The van der Waals surface area contributed by atoms with Gasteiger partial charge >= 0.3 is 6.09 Å². The summed E-state index contributed by atoms with van der Waals surface area (Å²) in [6, 6.07) is 7.35. The number of ether oxygens (including phenoxy) is 1. The highest BCUT2D eigenvalue weighted by Crippen LogP contribution is 2.20. The van der Waals surface area contributed by atoms with Crippen molar-refractivity contribution < 1.29 is 14.1 Å². The number of guanidine groups is 1. The second kappa shape index (κ2) is 10.3. The van der Waals surface area contributed by atoms with Crippen molar-refractivity contribution in [1.82, 2.24) is 25.7 Å². The third kappa shape index (κ3) is 6.73. The number of carbonyl (C=O) groups excluding carboxylic acids is 1. The van der Waals surface area contributed by atoms with Gasteiger partial charge in [0.2, 0.25) is 11.7 Å². The van der Waals surface area contributed by atoms with E-state index in [-0.39, 0.29) is 36.1 Å². The molecule has 30 heavy (non-hydrogen) atoms. The van der Waals surface area contributed by atoms with E-state index in [0.29, 0.717) is 42.3 Å². The largest absolute Gasteiger partial charge is 0.444 e. The molecule has 1 fully saturated rings. The van der Waals surface area contributed by atoms with E-state index in [1.165, 1.54) is 0 Å². The number of halogens is 2. The normalized spacial score (nSPS) is 14.6. The van der Waals surface area contributed by atoms with Crippen LogP contribution in [-0.2, 0) is 11.3 Å². The van der Waals surface area contributed by atoms with Crippen molar-refractivity contribution in [2.24, 2.45) is 4.99 Å². The summed E-state index contributed by atoms with van der Waals surface area (Å²) in [5.41, 5.74) is 0.285. The summed E-state index contributed by atoms with van der Waals surface area (Å²) < 4.78 is 10.6. The van der Waals surface area contributed by atoms with Gasteiger partial charge in [0.05, 0.1) is 12.6 Å². The van der Waals surface area contributed by atoms with Gasteiger partial charge in [0.15, 0.2) is 5.96 Å². The Morgan fingerprint density at radius 2 is 2.13 bits per heavy atom.